The predicted molar refractivity (Wildman–Crippen MR) is 77.2 cm³/mol. The van der Waals surface area contributed by atoms with Crippen LogP contribution in [0.25, 0.3) is 0 Å². The van der Waals surface area contributed by atoms with Crippen molar-refractivity contribution in [3.63, 3.8) is 0 Å². The number of carbonyl (C=O) groups is 1. The van der Waals surface area contributed by atoms with E-state index in [-0.39, 0.29) is 39.6 Å². The maximum absolute atomic E-state index is 13.8. The van der Waals surface area contributed by atoms with Gasteiger partial charge in [-0.25, -0.2) is 4.79 Å². The van der Waals surface area contributed by atoms with Gasteiger partial charge in [-0.2, -0.15) is 8.78 Å². The maximum Gasteiger partial charge on any atom is 0.379 e. The first kappa shape index (κ1) is 19.7. The summed E-state index contributed by atoms with van der Waals surface area (Å²) < 4.78 is 31.8. The lowest BCUT2D eigenvalue weighted by molar-refractivity contribution is -0.174. The van der Waals surface area contributed by atoms with Crippen molar-refractivity contribution >= 4 is 53.2 Å². The van der Waals surface area contributed by atoms with Crippen molar-refractivity contribution in [1.82, 2.24) is 0 Å². The fourth-order valence-corrected chi connectivity index (χ4v) is 2.09. The Labute approximate surface area is 135 Å². The largest absolute Gasteiger partial charge is 0.462 e. The highest BCUT2D eigenvalue weighted by molar-refractivity contribution is 6.43. The second-order valence-corrected chi connectivity index (χ2v) is 4.83. The zero-order valence-electron chi connectivity index (χ0n) is 10.1. The minimum atomic E-state index is -3.94. The summed E-state index contributed by atoms with van der Waals surface area (Å²) >= 11 is 17.2. The van der Waals surface area contributed by atoms with Gasteiger partial charge in [0.15, 0.2) is 0 Å². The first-order valence-corrected chi connectivity index (χ1v) is 6.30. The quantitative estimate of drug-likeness (QED) is 0.637. The number of esters is 1. The number of benzene rings is 1. The molecule has 0 heterocycles. The van der Waals surface area contributed by atoms with Crippen LogP contribution in [0.1, 0.15) is 18.5 Å². The predicted octanol–water partition coefficient (Wildman–Crippen LogP) is 4.27. The van der Waals surface area contributed by atoms with Crippen molar-refractivity contribution in [3.8, 4) is 0 Å². The van der Waals surface area contributed by atoms with E-state index in [1.165, 1.54) is 13.0 Å². The van der Waals surface area contributed by atoms with Crippen LogP contribution in [0.2, 0.25) is 15.1 Å². The average Bonchev–Trinajstić information content (AvgIpc) is 2.33. The maximum atomic E-state index is 13.8. The molecule has 1 atom stereocenters. The van der Waals surface area contributed by atoms with Gasteiger partial charge in [0.25, 0.3) is 0 Å². The Bertz CT molecular complexity index is 500. The van der Waals surface area contributed by atoms with E-state index in [0.717, 1.165) is 6.07 Å². The van der Waals surface area contributed by atoms with Gasteiger partial charge in [0, 0.05) is 5.02 Å². The molecule has 0 radical (unpaired) electrons. The molecule has 20 heavy (non-hydrogen) atoms. The van der Waals surface area contributed by atoms with E-state index in [1.54, 1.807) is 0 Å². The molecule has 0 aromatic heterocycles. The number of halogens is 6. The standard InChI is InChI=1S/C11H10Cl3F2NO2.ClH/c1-2-19-10(18)11(15,16)9(17)6-3-5(12)4-7(13)8(6)14;/h3-4,9H,2,17H2,1H3;1H/t9-;/m1./s1. The molecule has 9 heteroatoms. The third-order valence-corrected chi connectivity index (χ3v) is 3.33. The number of ether oxygens (including phenoxy) is 1. The average molecular weight is 369 g/mol. The third kappa shape index (κ3) is 4.09. The van der Waals surface area contributed by atoms with Crippen LogP contribution in [0.4, 0.5) is 8.78 Å². The van der Waals surface area contributed by atoms with Crippen LogP contribution in [-0.2, 0) is 9.53 Å². The highest BCUT2D eigenvalue weighted by Crippen LogP contribution is 2.38. The lowest BCUT2D eigenvalue weighted by atomic mass is 10.0. The Morgan fingerprint density at radius 2 is 1.95 bits per heavy atom. The molecule has 0 aliphatic carbocycles. The van der Waals surface area contributed by atoms with Crippen molar-refractivity contribution in [1.29, 1.82) is 0 Å². The highest BCUT2D eigenvalue weighted by Gasteiger charge is 2.48. The zero-order valence-corrected chi connectivity index (χ0v) is 13.2. The van der Waals surface area contributed by atoms with Crippen LogP contribution in [0.3, 0.4) is 0 Å². The number of alkyl halides is 2. The van der Waals surface area contributed by atoms with Crippen LogP contribution in [0.5, 0.6) is 0 Å². The van der Waals surface area contributed by atoms with E-state index in [0.29, 0.717) is 0 Å². The Hall–Kier alpha value is -0.330. The normalized spacial score (nSPS) is 12.6. The molecule has 0 bridgehead atoms. The fraction of sp³-hybridized carbons (Fsp3) is 0.364. The van der Waals surface area contributed by atoms with Crippen molar-refractivity contribution in [2.24, 2.45) is 5.73 Å². The second kappa shape index (κ2) is 7.61. The van der Waals surface area contributed by atoms with Crippen LogP contribution in [0.15, 0.2) is 12.1 Å². The van der Waals surface area contributed by atoms with E-state index in [1.807, 2.05) is 0 Å². The second-order valence-electron chi connectivity index (χ2n) is 3.61. The Morgan fingerprint density at radius 1 is 1.40 bits per heavy atom. The molecule has 0 unspecified atom stereocenters. The molecule has 0 amide bonds. The van der Waals surface area contributed by atoms with Gasteiger partial charge in [0.05, 0.1) is 16.7 Å². The van der Waals surface area contributed by atoms with Crippen molar-refractivity contribution in [3.05, 3.63) is 32.8 Å². The smallest absolute Gasteiger partial charge is 0.379 e. The van der Waals surface area contributed by atoms with Crippen LogP contribution in [-0.4, -0.2) is 18.5 Å². The van der Waals surface area contributed by atoms with E-state index in [2.05, 4.69) is 4.74 Å². The Morgan fingerprint density at radius 3 is 2.45 bits per heavy atom. The molecule has 1 aromatic carbocycles. The molecule has 0 saturated carbocycles. The summed E-state index contributed by atoms with van der Waals surface area (Å²) in [6.45, 7) is 1.22. The van der Waals surface area contributed by atoms with E-state index < -0.39 is 17.9 Å². The van der Waals surface area contributed by atoms with Gasteiger partial charge in [-0.1, -0.05) is 34.8 Å². The Balaban J connectivity index is 0.00000361. The summed E-state index contributed by atoms with van der Waals surface area (Å²) in [6.07, 6.45) is 0. The molecule has 0 fully saturated rings. The minimum absolute atomic E-state index is 0. The topological polar surface area (TPSA) is 52.3 Å². The summed E-state index contributed by atoms with van der Waals surface area (Å²) in [5.74, 6) is -5.66. The fourth-order valence-electron chi connectivity index (χ4n) is 1.35. The number of carbonyl (C=O) groups excluding carboxylic acids is 1. The van der Waals surface area contributed by atoms with E-state index in [4.69, 9.17) is 40.5 Å². The SMILES string of the molecule is CCOC(=O)C(F)(F)[C@H](N)c1cc(Cl)cc(Cl)c1Cl.Cl. The molecule has 0 spiro atoms. The van der Waals surface area contributed by atoms with Gasteiger partial charge in [-0.3, -0.25) is 0 Å². The number of rotatable bonds is 4. The third-order valence-electron chi connectivity index (χ3n) is 2.29. The minimum Gasteiger partial charge on any atom is -0.462 e. The van der Waals surface area contributed by atoms with Gasteiger partial charge in [0.1, 0.15) is 6.04 Å². The van der Waals surface area contributed by atoms with Crippen LogP contribution >= 0.6 is 47.2 Å². The molecule has 0 aliphatic heterocycles. The first-order valence-electron chi connectivity index (χ1n) is 5.16. The number of hydrogen-bond acceptors (Lipinski definition) is 3. The molecule has 0 aliphatic rings. The van der Waals surface area contributed by atoms with Gasteiger partial charge in [0.2, 0.25) is 0 Å². The molecule has 114 valence electrons. The molecular formula is C11H11Cl4F2NO2. The number of hydrogen-bond donors (Lipinski definition) is 1. The first-order chi connectivity index (χ1) is 8.71. The van der Waals surface area contributed by atoms with Crippen molar-refractivity contribution in [2.45, 2.75) is 18.9 Å². The molecule has 1 rings (SSSR count). The summed E-state index contributed by atoms with van der Waals surface area (Å²) in [5, 5.41) is -0.124. The van der Waals surface area contributed by atoms with Crippen molar-refractivity contribution < 1.29 is 18.3 Å². The summed E-state index contributed by atoms with van der Waals surface area (Å²) in [5.41, 5.74) is 5.17. The zero-order chi connectivity index (χ0) is 14.8. The lowest BCUT2D eigenvalue weighted by Gasteiger charge is -2.23. The summed E-state index contributed by atoms with van der Waals surface area (Å²) in [4.78, 5) is 11.2. The van der Waals surface area contributed by atoms with Gasteiger partial charge >= 0.3 is 11.9 Å². The van der Waals surface area contributed by atoms with E-state index >= 15 is 0 Å². The summed E-state index contributed by atoms with van der Waals surface area (Å²) in [7, 11) is 0. The van der Waals surface area contributed by atoms with Crippen LogP contribution in [0, 0.1) is 0 Å². The van der Waals surface area contributed by atoms with Crippen molar-refractivity contribution in [2.75, 3.05) is 6.61 Å². The van der Waals surface area contributed by atoms with Gasteiger partial charge < -0.3 is 10.5 Å². The van der Waals surface area contributed by atoms with Crippen LogP contribution < -0.4 is 5.73 Å². The summed E-state index contributed by atoms with van der Waals surface area (Å²) in [6, 6.07) is 0.410. The monoisotopic (exact) mass is 367 g/mol. The number of nitrogens with two attached hydrogens (primary N) is 1. The lowest BCUT2D eigenvalue weighted by Crippen LogP contribution is -2.41. The molecule has 1 aromatic rings. The van der Waals surface area contributed by atoms with E-state index in [9.17, 15) is 13.6 Å². The molecule has 2 N–H and O–H groups in total. The van der Waals surface area contributed by atoms with Gasteiger partial charge in [-0.15, -0.1) is 12.4 Å². The molecule has 0 saturated heterocycles. The molecule has 3 nitrogen and oxygen atoms in total. The van der Waals surface area contributed by atoms with Gasteiger partial charge in [-0.05, 0) is 24.6 Å². The highest BCUT2D eigenvalue weighted by atomic mass is 35.5. The Kier molecular flexibility index (Phi) is 7.49. The molecular weight excluding hydrogens is 358 g/mol.